The molecule has 2 aromatic carbocycles. The predicted molar refractivity (Wildman–Crippen MR) is 81.0 cm³/mol. The minimum absolute atomic E-state index is 0.829. The standard InChI is InChI=1S/C15H12O.C2H7N/c16-12-11-15(13-7-3-1-4-8-13)14-9-5-2-6-10-14;1-3-2/h1-12H;3H,1-2H3. The molecule has 2 heteroatoms. The van der Waals surface area contributed by atoms with Gasteiger partial charge in [-0.15, -0.1) is 0 Å². The number of aldehydes is 1. The zero-order valence-corrected chi connectivity index (χ0v) is 11.3. The van der Waals surface area contributed by atoms with E-state index < -0.39 is 0 Å². The maximum absolute atomic E-state index is 10.7. The van der Waals surface area contributed by atoms with E-state index in [2.05, 4.69) is 5.32 Å². The maximum Gasteiger partial charge on any atom is 0.143 e. The second-order valence-corrected chi connectivity index (χ2v) is 3.95. The molecule has 0 aliphatic rings. The van der Waals surface area contributed by atoms with E-state index >= 15 is 0 Å². The summed E-state index contributed by atoms with van der Waals surface area (Å²) in [6.07, 6.45) is 2.43. The average molecular weight is 253 g/mol. The summed E-state index contributed by atoms with van der Waals surface area (Å²) in [5, 5.41) is 2.75. The zero-order valence-electron chi connectivity index (χ0n) is 11.3. The second-order valence-electron chi connectivity index (χ2n) is 3.95. The van der Waals surface area contributed by atoms with Crippen LogP contribution in [0, 0.1) is 0 Å². The largest absolute Gasteiger partial charge is 0.323 e. The van der Waals surface area contributed by atoms with E-state index in [1.165, 1.54) is 0 Å². The van der Waals surface area contributed by atoms with Crippen molar-refractivity contribution < 1.29 is 4.79 Å². The minimum Gasteiger partial charge on any atom is -0.323 e. The molecule has 0 saturated heterocycles. The lowest BCUT2D eigenvalue weighted by atomic mass is 9.98. The zero-order chi connectivity index (χ0) is 13.9. The number of hydrogen-bond donors (Lipinski definition) is 1. The van der Waals surface area contributed by atoms with Gasteiger partial charge in [-0.05, 0) is 36.9 Å². The Kier molecular flexibility index (Phi) is 6.92. The Morgan fingerprint density at radius 2 is 1.21 bits per heavy atom. The molecular formula is C17H19NO. The van der Waals surface area contributed by atoms with Crippen molar-refractivity contribution in [2.45, 2.75) is 0 Å². The Balaban J connectivity index is 0.000000550. The normalized spacial score (nSPS) is 8.95. The molecule has 0 unspecified atom stereocenters. The van der Waals surface area contributed by atoms with Gasteiger partial charge in [0.1, 0.15) is 6.29 Å². The molecular weight excluding hydrogens is 234 g/mol. The first-order valence-corrected chi connectivity index (χ1v) is 6.18. The number of rotatable bonds is 3. The lowest BCUT2D eigenvalue weighted by molar-refractivity contribution is -0.104. The first kappa shape index (κ1) is 14.9. The molecule has 0 aromatic heterocycles. The van der Waals surface area contributed by atoms with E-state index in [0.717, 1.165) is 23.0 Å². The van der Waals surface area contributed by atoms with Gasteiger partial charge in [-0.3, -0.25) is 4.79 Å². The predicted octanol–water partition coefficient (Wildman–Crippen LogP) is 3.15. The number of hydrogen-bond acceptors (Lipinski definition) is 2. The van der Waals surface area contributed by atoms with Gasteiger partial charge in [0.05, 0.1) is 0 Å². The fourth-order valence-electron chi connectivity index (χ4n) is 1.66. The second kappa shape index (κ2) is 8.84. The Bertz CT molecular complexity index is 462. The highest BCUT2D eigenvalue weighted by Gasteiger charge is 2.02. The molecule has 19 heavy (non-hydrogen) atoms. The summed E-state index contributed by atoms with van der Waals surface area (Å²) in [7, 11) is 3.75. The molecule has 1 N–H and O–H groups in total. The van der Waals surface area contributed by atoms with Crippen molar-refractivity contribution in [1.82, 2.24) is 5.32 Å². The maximum atomic E-state index is 10.7. The summed E-state index contributed by atoms with van der Waals surface area (Å²) in [6.45, 7) is 0. The van der Waals surface area contributed by atoms with Crippen LogP contribution in [-0.2, 0) is 4.79 Å². The number of nitrogens with one attached hydrogen (secondary N) is 1. The Hall–Kier alpha value is -2.19. The third-order valence-corrected chi connectivity index (χ3v) is 2.40. The van der Waals surface area contributed by atoms with Crippen LogP contribution >= 0.6 is 0 Å². The van der Waals surface area contributed by atoms with Crippen LogP contribution in [0.3, 0.4) is 0 Å². The van der Waals surface area contributed by atoms with Gasteiger partial charge in [0.2, 0.25) is 0 Å². The summed E-state index contributed by atoms with van der Waals surface area (Å²) in [6, 6.07) is 19.8. The first-order valence-electron chi connectivity index (χ1n) is 6.18. The minimum atomic E-state index is 0.829. The summed E-state index contributed by atoms with van der Waals surface area (Å²) >= 11 is 0. The average Bonchev–Trinajstić information content (AvgIpc) is 2.47. The molecule has 0 aliphatic carbocycles. The summed E-state index contributed by atoms with van der Waals surface area (Å²) in [5.74, 6) is 0. The lowest BCUT2D eigenvalue weighted by Crippen LogP contribution is -1.89. The van der Waals surface area contributed by atoms with Gasteiger partial charge in [-0.1, -0.05) is 60.7 Å². The van der Waals surface area contributed by atoms with Crippen molar-refractivity contribution in [2.75, 3.05) is 14.1 Å². The molecule has 0 aliphatic heterocycles. The molecule has 2 aromatic rings. The molecule has 0 heterocycles. The van der Waals surface area contributed by atoms with Crippen molar-refractivity contribution in [3.05, 3.63) is 77.9 Å². The van der Waals surface area contributed by atoms with Crippen molar-refractivity contribution in [1.29, 1.82) is 0 Å². The molecule has 0 bridgehead atoms. The molecule has 0 amide bonds. The quantitative estimate of drug-likeness (QED) is 0.672. The number of allylic oxidation sites excluding steroid dienone is 1. The van der Waals surface area contributed by atoms with Crippen LogP contribution in [0.5, 0.6) is 0 Å². The van der Waals surface area contributed by atoms with Gasteiger partial charge < -0.3 is 5.32 Å². The Labute approximate surface area is 114 Å². The Morgan fingerprint density at radius 3 is 1.53 bits per heavy atom. The third kappa shape index (κ3) is 4.90. The van der Waals surface area contributed by atoms with Crippen LogP contribution in [0.25, 0.3) is 5.57 Å². The van der Waals surface area contributed by atoms with E-state index in [0.29, 0.717) is 0 Å². The SMILES string of the molecule is CNC.O=CC=C(c1ccccc1)c1ccccc1. The van der Waals surface area contributed by atoms with Crippen molar-refractivity contribution in [3.8, 4) is 0 Å². The molecule has 2 rings (SSSR count). The molecule has 0 spiro atoms. The Morgan fingerprint density at radius 1 is 0.842 bits per heavy atom. The number of carbonyl (C=O) groups excluding carboxylic acids is 1. The van der Waals surface area contributed by atoms with Crippen LogP contribution in [0.15, 0.2) is 66.7 Å². The van der Waals surface area contributed by atoms with Crippen LogP contribution < -0.4 is 5.32 Å². The van der Waals surface area contributed by atoms with Crippen molar-refractivity contribution >= 4 is 11.9 Å². The van der Waals surface area contributed by atoms with E-state index in [-0.39, 0.29) is 0 Å². The molecule has 0 fully saturated rings. The number of carbonyl (C=O) groups is 1. The van der Waals surface area contributed by atoms with E-state index in [1.54, 1.807) is 6.08 Å². The van der Waals surface area contributed by atoms with Gasteiger partial charge in [0.25, 0.3) is 0 Å². The molecule has 0 radical (unpaired) electrons. The van der Waals surface area contributed by atoms with Crippen LogP contribution in [0.1, 0.15) is 11.1 Å². The summed E-state index contributed by atoms with van der Waals surface area (Å²) in [4.78, 5) is 10.7. The highest BCUT2D eigenvalue weighted by atomic mass is 16.1. The van der Waals surface area contributed by atoms with Crippen LogP contribution in [0.2, 0.25) is 0 Å². The smallest absolute Gasteiger partial charge is 0.143 e. The fraction of sp³-hybridized carbons (Fsp3) is 0.118. The van der Waals surface area contributed by atoms with Crippen molar-refractivity contribution in [3.63, 3.8) is 0 Å². The highest BCUT2D eigenvalue weighted by Crippen LogP contribution is 2.22. The lowest BCUT2D eigenvalue weighted by Gasteiger charge is -2.06. The molecule has 2 nitrogen and oxygen atoms in total. The topological polar surface area (TPSA) is 29.1 Å². The van der Waals surface area contributed by atoms with Crippen molar-refractivity contribution in [2.24, 2.45) is 0 Å². The van der Waals surface area contributed by atoms with E-state index in [9.17, 15) is 4.79 Å². The third-order valence-electron chi connectivity index (χ3n) is 2.40. The van der Waals surface area contributed by atoms with Gasteiger partial charge in [-0.25, -0.2) is 0 Å². The van der Waals surface area contributed by atoms with Gasteiger partial charge >= 0.3 is 0 Å². The van der Waals surface area contributed by atoms with Gasteiger partial charge in [0.15, 0.2) is 0 Å². The molecule has 98 valence electrons. The van der Waals surface area contributed by atoms with Crippen LogP contribution in [0.4, 0.5) is 0 Å². The van der Waals surface area contributed by atoms with Gasteiger partial charge in [0, 0.05) is 0 Å². The summed E-state index contributed by atoms with van der Waals surface area (Å²) in [5.41, 5.74) is 3.07. The summed E-state index contributed by atoms with van der Waals surface area (Å²) < 4.78 is 0. The monoisotopic (exact) mass is 253 g/mol. The molecule has 0 atom stereocenters. The molecule has 0 saturated carbocycles. The van der Waals surface area contributed by atoms with Crippen LogP contribution in [-0.4, -0.2) is 20.4 Å². The van der Waals surface area contributed by atoms with Gasteiger partial charge in [-0.2, -0.15) is 0 Å². The van der Waals surface area contributed by atoms with E-state index in [1.807, 2.05) is 74.8 Å². The highest BCUT2D eigenvalue weighted by molar-refractivity contribution is 5.89. The van der Waals surface area contributed by atoms with E-state index in [4.69, 9.17) is 0 Å². The number of benzene rings is 2. The first-order chi connectivity index (χ1) is 9.33. The fourth-order valence-corrected chi connectivity index (χ4v) is 1.66.